The van der Waals surface area contributed by atoms with Gasteiger partial charge in [0, 0.05) is 25.3 Å². The Morgan fingerprint density at radius 1 is 1.00 bits per heavy atom. The number of anilines is 1. The number of nitrogens with zero attached hydrogens (tertiary/aromatic N) is 2. The highest BCUT2D eigenvalue weighted by Gasteiger charge is 2.45. The summed E-state index contributed by atoms with van der Waals surface area (Å²) in [5, 5.41) is 0. The molecule has 2 aliphatic heterocycles. The van der Waals surface area contributed by atoms with Gasteiger partial charge in [-0.05, 0) is 37.5 Å². The molecular weight excluding hydrogens is 360 g/mol. The van der Waals surface area contributed by atoms with E-state index in [2.05, 4.69) is 35.2 Å². The lowest BCUT2D eigenvalue weighted by atomic mass is 9.88. The number of carbonyl (C=O) groups excluding carboxylic acids is 1. The number of hydrogen-bond acceptors (Lipinski definition) is 3. The van der Waals surface area contributed by atoms with E-state index in [0.717, 1.165) is 38.2 Å². The molecule has 5 heteroatoms. The highest BCUT2D eigenvalue weighted by Crippen LogP contribution is 2.35. The highest BCUT2D eigenvalue weighted by molar-refractivity contribution is 5.97. The molecule has 1 unspecified atom stereocenters. The molecule has 1 amide bonds. The maximum Gasteiger partial charge on any atom is 0.255 e. The molecule has 2 heterocycles. The summed E-state index contributed by atoms with van der Waals surface area (Å²) in [4.78, 5) is 17.0. The smallest absolute Gasteiger partial charge is 0.255 e. The van der Waals surface area contributed by atoms with E-state index >= 15 is 0 Å². The number of piperidine rings is 1. The third kappa shape index (κ3) is 4.34. The fourth-order valence-electron chi connectivity index (χ4n) is 4.11. The van der Waals surface area contributed by atoms with Crippen molar-refractivity contribution in [2.75, 3.05) is 24.5 Å². The number of benzene rings is 2. The van der Waals surface area contributed by atoms with E-state index in [9.17, 15) is 4.79 Å². The van der Waals surface area contributed by atoms with Gasteiger partial charge in [0.1, 0.15) is 6.10 Å². The summed E-state index contributed by atoms with van der Waals surface area (Å²) in [7, 11) is 0. The van der Waals surface area contributed by atoms with Gasteiger partial charge >= 0.3 is 0 Å². The van der Waals surface area contributed by atoms with Crippen molar-refractivity contribution >= 4 is 24.0 Å². The Morgan fingerprint density at radius 2 is 1.59 bits per heavy atom. The van der Waals surface area contributed by atoms with E-state index in [0.29, 0.717) is 6.54 Å². The summed E-state index contributed by atoms with van der Waals surface area (Å²) in [6, 6.07) is 20.6. The Kier molecular flexibility index (Phi) is 6.20. The normalized spacial score (nSPS) is 22.5. The van der Waals surface area contributed by atoms with E-state index in [-0.39, 0.29) is 30.0 Å². The maximum atomic E-state index is 12.6. The van der Waals surface area contributed by atoms with Gasteiger partial charge in [0.25, 0.3) is 5.91 Å². The number of likely N-dealkylation sites (tertiary alicyclic amines) is 1. The quantitative estimate of drug-likeness (QED) is 0.802. The molecule has 0 aliphatic carbocycles. The predicted octanol–water partition coefficient (Wildman–Crippen LogP) is 3.89. The second-order valence-electron chi connectivity index (χ2n) is 7.46. The second-order valence-corrected chi connectivity index (χ2v) is 7.46. The number of rotatable bonds is 3. The van der Waals surface area contributed by atoms with Gasteiger partial charge in [0.05, 0.1) is 12.1 Å². The average molecular weight is 387 g/mol. The van der Waals surface area contributed by atoms with Crippen LogP contribution in [-0.4, -0.2) is 42.1 Å². The molecule has 2 aromatic carbocycles. The first-order chi connectivity index (χ1) is 12.7. The third-order valence-electron chi connectivity index (χ3n) is 5.57. The SMILES string of the molecule is CC1OC2(CCN(Cc3ccccc3)CC2)CN(c2ccccc2)C1=O.Cl. The first-order valence-corrected chi connectivity index (χ1v) is 9.46. The van der Waals surface area contributed by atoms with Crippen molar-refractivity contribution in [2.24, 2.45) is 0 Å². The minimum atomic E-state index is -0.385. The maximum absolute atomic E-state index is 12.6. The molecule has 4 rings (SSSR count). The third-order valence-corrected chi connectivity index (χ3v) is 5.57. The van der Waals surface area contributed by atoms with Crippen LogP contribution in [0.25, 0.3) is 0 Å². The molecule has 2 aliphatic rings. The lowest BCUT2D eigenvalue weighted by molar-refractivity contribution is -0.161. The zero-order chi connectivity index (χ0) is 18.0. The van der Waals surface area contributed by atoms with Crippen molar-refractivity contribution in [3.05, 3.63) is 66.2 Å². The minimum absolute atomic E-state index is 0. The predicted molar refractivity (Wildman–Crippen MR) is 110 cm³/mol. The molecule has 2 fully saturated rings. The van der Waals surface area contributed by atoms with E-state index in [1.54, 1.807) is 0 Å². The Morgan fingerprint density at radius 3 is 2.22 bits per heavy atom. The molecule has 0 aromatic heterocycles. The van der Waals surface area contributed by atoms with Crippen molar-refractivity contribution in [2.45, 2.75) is 38.0 Å². The highest BCUT2D eigenvalue weighted by atomic mass is 35.5. The van der Waals surface area contributed by atoms with Crippen LogP contribution < -0.4 is 4.90 Å². The van der Waals surface area contributed by atoms with Gasteiger partial charge in [-0.3, -0.25) is 9.69 Å². The molecule has 2 aromatic rings. The number of carbonyl (C=O) groups is 1. The summed E-state index contributed by atoms with van der Waals surface area (Å²) >= 11 is 0. The van der Waals surface area contributed by atoms with Gasteiger partial charge in [0.15, 0.2) is 0 Å². The van der Waals surface area contributed by atoms with Gasteiger partial charge in [-0.1, -0.05) is 48.5 Å². The number of halogens is 1. The molecule has 2 saturated heterocycles. The lowest BCUT2D eigenvalue weighted by Crippen LogP contribution is -2.61. The van der Waals surface area contributed by atoms with Crippen LogP contribution in [0.4, 0.5) is 5.69 Å². The first kappa shape index (κ1) is 19.9. The number of ether oxygens (including phenoxy) is 1. The van der Waals surface area contributed by atoms with Crippen LogP contribution in [0.3, 0.4) is 0 Å². The number of hydrogen-bond donors (Lipinski definition) is 0. The Balaban J connectivity index is 0.00000210. The molecule has 144 valence electrons. The van der Waals surface area contributed by atoms with E-state index in [4.69, 9.17) is 4.74 Å². The molecule has 4 nitrogen and oxygen atoms in total. The van der Waals surface area contributed by atoms with Crippen molar-refractivity contribution in [1.29, 1.82) is 0 Å². The summed E-state index contributed by atoms with van der Waals surface area (Å²) in [5.41, 5.74) is 2.09. The molecule has 0 bridgehead atoms. The van der Waals surface area contributed by atoms with Crippen molar-refractivity contribution in [3.63, 3.8) is 0 Å². The van der Waals surface area contributed by atoms with E-state index < -0.39 is 0 Å². The topological polar surface area (TPSA) is 32.8 Å². The van der Waals surface area contributed by atoms with Crippen LogP contribution in [0.1, 0.15) is 25.3 Å². The van der Waals surface area contributed by atoms with Crippen LogP contribution in [0.5, 0.6) is 0 Å². The first-order valence-electron chi connectivity index (χ1n) is 9.46. The Hall–Kier alpha value is -1.88. The lowest BCUT2D eigenvalue weighted by Gasteiger charge is -2.49. The van der Waals surface area contributed by atoms with E-state index in [1.165, 1.54) is 5.56 Å². The van der Waals surface area contributed by atoms with Gasteiger partial charge < -0.3 is 9.64 Å². The minimum Gasteiger partial charge on any atom is -0.360 e. The van der Waals surface area contributed by atoms with Crippen LogP contribution in [-0.2, 0) is 16.1 Å². The van der Waals surface area contributed by atoms with E-state index in [1.807, 2.05) is 42.2 Å². The zero-order valence-corrected chi connectivity index (χ0v) is 16.5. The van der Waals surface area contributed by atoms with Crippen molar-refractivity contribution in [3.8, 4) is 0 Å². The molecule has 1 atom stereocenters. The average Bonchev–Trinajstić information content (AvgIpc) is 2.68. The van der Waals surface area contributed by atoms with Crippen molar-refractivity contribution in [1.82, 2.24) is 4.90 Å². The Bertz CT molecular complexity index is 745. The summed E-state index contributed by atoms with van der Waals surface area (Å²) < 4.78 is 6.26. The molecule has 1 spiro atoms. The van der Waals surface area contributed by atoms with Crippen LogP contribution in [0.2, 0.25) is 0 Å². The van der Waals surface area contributed by atoms with Crippen LogP contribution in [0.15, 0.2) is 60.7 Å². The monoisotopic (exact) mass is 386 g/mol. The summed E-state index contributed by atoms with van der Waals surface area (Å²) in [5.74, 6) is 0.0635. The molecular formula is C22H27ClN2O2. The largest absolute Gasteiger partial charge is 0.360 e. The molecule has 0 radical (unpaired) electrons. The fraction of sp³-hybridized carbons (Fsp3) is 0.409. The fourth-order valence-corrected chi connectivity index (χ4v) is 4.11. The van der Waals surface area contributed by atoms with Gasteiger partial charge in [-0.15, -0.1) is 12.4 Å². The van der Waals surface area contributed by atoms with Crippen molar-refractivity contribution < 1.29 is 9.53 Å². The van der Waals surface area contributed by atoms with Crippen LogP contribution >= 0.6 is 12.4 Å². The van der Waals surface area contributed by atoms with Gasteiger partial charge in [-0.25, -0.2) is 0 Å². The van der Waals surface area contributed by atoms with Gasteiger partial charge in [-0.2, -0.15) is 0 Å². The molecule has 27 heavy (non-hydrogen) atoms. The number of amides is 1. The second kappa shape index (κ2) is 8.42. The summed E-state index contributed by atoms with van der Waals surface area (Å²) in [6.07, 6.45) is 1.53. The van der Waals surface area contributed by atoms with Crippen LogP contribution in [0, 0.1) is 0 Å². The zero-order valence-electron chi connectivity index (χ0n) is 15.7. The number of morpholine rings is 1. The molecule has 0 saturated carbocycles. The molecule has 0 N–H and O–H groups in total. The van der Waals surface area contributed by atoms with Gasteiger partial charge in [0.2, 0.25) is 0 Å². The Labute approximate surface area is 167 Å². The standard InChI is InChI=1S/C22H26N2O2.ClH/c1-18-21(25)24(20-10-6-3-7-11-20)17-22(26-18)12-14-23(15-13-22)16-19-8-4-2-5-9-19;/h2-11,18H,12-17H2,1H3;1H. The number of para-hydroxylation sites is 1. The summed E-state index contributed by atoms with van der Waals surface area (Å²) in [6.45, 7) is 5.51.